The van der Waals surface area contributed by atoms with Crippen LogP contribution in [0.1, 0.15) is 39.9 Å². The fraction of sp³-hybridized carbons (Fsp3) is 0.458. The van der Waals surface area contributed by atoms with Crippen molar-refractivity contribution in [2.24, 2.45) is 5.92 Å². The molecule has 7 nitrogen and oxygen atoms in total. The summed E-state index contributed by atoms with van der Waals surface area (Å²) in [6.45, 7) is 2.60. The van der Waals surface area contributed by atoms with Crippen molar-refractivity contribution in [3.05, 3.63) is 69.1 Å². The zero-order valence-corrected chi connectivity index (χ0v) is 17.9. The molecular weight excluding hydrogens is 394 g/mol. The van der Waals surface area contributed by atoms with Gasteiger partial charge in [-0.1, -0.05) is 30.3 Å². The molecule has 2 amide bonds. The summed E-state index contributed by atoms with van der Waals surface area (Å²) in [5.74, 6) is -0.359. The van der Waals surface area contributed by atoms with E-state index in [-0.39, 0.29) is 28.9 Å². The third kappa shape index (κ3) is 4.56. The number of rotatable bonds is 5. The summed E-state index contributed by atoms with van der Waals surface area (Å²) < 4.78 is 7.11. The number of hydrogen-bond acceptors (Lipinski definition) is 4. The SMILES string of the molecule is CNC(=O)c1c2c(cn(CCc3ccccc3)c1=O)CN(C(=O)C1CCCOC1)CC2. The number of carbonyl (C=O) groups is 2. The zero-order valence-electron chi connectivity index (χ0n) is 17.9. The van der Waals surface area contributed by atoms with Gasteiger partial charge in [-0.25, -0.2) is 0 Å². The quantitative estimate of drug-likeness (QED) is 0.795. The number of benzene rings is 1. The molecular formula is C24H29N3O4. The molecule has 4 rings (SSSR count). The molecule has 1 aromatic heterocycles. The molecule has 1 aromatic carbocycles. The van der Waals surface area contributed by atoms with E-state index >= 15 is 0 Å². The van der Waals surface area contributed by atoms with Crippen LogP contribution >= 0.6 is 0 Å². The molecule has 164 valence electrons. The second-order valence-electron chi connectivity index (χ2n) is 8.25. The maximum absolute atomic E-state index is 13.1. The van der Waals surface area contributed by atoms with Gasteiger partial charge in [0.2, 0.25) is 5.91 Å². The number of hydrogen-bond donors (Lipinski definition) is 1. The van der Waals surface area contributed by atoms with E-state index in [1.807, 2.05) is 41.4 Å². The summed E-state index contributed by atoms with van der Waals surface area (Å²) in [5, 5.41) is 2.61. The van der Waals surface area contributed by atoms with Crippen molar-refractivity contribution in [2.75, 3.05) is 26.8 Å². The first-order valence-electron chi connectivity index (χ1n) is 11.0. The molecule has 2 aromatic rings. The third-order valence-corrected chi connectivity index (χ3v) is 6.23. The Labute approximate surface area is 182 Å². The molecule has 0 spiro atoms. The molecule has 1 atom stereocenters. The maximum Gasteiger partial charge on any atom is 0.263 e. The molecule has 0 aliphatic carbocycles. The Hall–Kier alpha value is -2.93. The van der Waals surface area contributed by atoms with Crippen LogP contribution < -0.4 is 10.9 Å². The first-order chi connectivity index (χ1) is 15.1. The summed E-state index contributed by atoms with van der Waals surface area (Å²) in [4.78, 5) is 40.6. The Balaban J connectivity index is 1.62. The normalized spacial score (nSPS) is 18.4. The Kier molecular flexibility index (Phi) is 6.51. The molecule has 3 heterocycles. The molecule has 0 saturated carbocycles. The van der Waals surface area contributed by atoms with E-state index in [2.05, 4.69) is 5.32 Å². The molecule has 1 unspecified atom stereocenters. The van der Waals surface area contributed by atoms with E-state index in [0.717, 1.165) is 36.1 Å². The van der Waals surface area contributed by atoms with E-state index in [4.69, 9.17) is 4.74 Å². The number of nitrogens with zero attached hydrogens (tertiary/aromatic N) is 2. The Morgan fingerprint density at radius 2 is 2.03 bits per heavy atom. The van der Waals surface area contributed by atoms with Gasteiger partial charge in [0, 0.05) is 39.5 Å². The van der Waals surface area contributed by atoms with Crippen molar-refractivity contribution in [1.29, 1.82) is 0 Å². The van der Waals surface area contributed by atoms with E-state index in [9.17, 15) is 14.4 Å². The third-order valence-electron chi connectivity index (χ3n) is 6.23. The molecule has 2 aliphatic rings. The Morgan fingerprint density at radius 1 is 1.23 bits per heavy atom. The summed E-state index contributed by atoms with van der Waals surface area (Å²) in [5.41, 5.74) is 2.71. The van der Waals surface area contributed by atoms with Crippen LogP contribution in [0.5, 0.6) is 0 Å². The Bertz CT molecular complexity index is 1010. The summed E-state index contributed by atoms with van der Waals surface area (Å²) in [6.07, 6.45) is 4.79. The van der Waals surface area contributed by atoms with Crippen molar-refractivity contribution in [3.8, 4) is 0 Å². The number of fused-ring (bicyclic) bond motifs is 1. The first-order valence-corrected chi connectivity index (χ1v) is 11.0. The van der Waals surface area contributed by atoms with Gasteiger partial charge < -0.3 is 19.5 Å². The number of amides is 2. The van der Waals surface area contributed by atoms with Gasteiger partial charge in [-0.2, -0.15) is 0 Å². The molecule has 7 heteroatoms. The van der Waals surface area contributed by atoms with Crippen LogP contribution in [0.15, 0.2) is 41.3 Å². The predicted octanol–water partition coefficient (Wildman–Crippen LogP) is 1.76. The van der Waals surface area contributed by atoms with Gasteiger partial charge in [0.25, 0.3) is 11.5 Å². The number of ether oxygens (including phenoxy) is 1. The fourth-order valence-corrected chi connectivity index (χ4v) is 4.51. The van der Waals surface area contributed by atoms with Gasteiger partial charge in [-0.05, 0) is 42.4 Å². The number of carbonyl (C=O) groups excluding carboxylic acids is 2. The smallest absolute Gasteiger partial charge is 0.263 e. The molecule has 31 heavy (non-hydrogen) atoms. The lowest BCUT2D eigenvalue weighted by atomic mass is 9.94. The van der Waals surface area contributed by atoms with Crippen LogP contribution in [0.4, 0.5) is 0 Å². The highest BCUT2D eigenvalue weighted by Crippen LogP contribution is 2.24. The molecule has 2 aliphatic heterocycles. The van der Waals surface area contributed by atoms with Crippen molar-refractivity contribution in [1.82, 2.24) is 14.8 Å². The second kappa shape index (κ2) is 9.47. The monoisotopic (exact) mass is 423 g/mol. The minimum atomic E-state index is -0.365. The largest absolute Gasteiger partial charge is 0.381 e. The second-order valence-corrected chi connectivity index (χ2v) is 8.25. The van der Waals surface area contributed by atoms with Crippen molar-refractivity contribution in [3.63, 3.8) is 0 Å². The van der Waals surface area contributed by atoms with Crippen LogP contribution in [-0.2, 0) is 35.5 Å². The van der Waals surface area contributed by atoms with Crippen molar-refractivity contribution < 1.29 is 14.3 Å². The van der Waals surface area contributed by atoms with Crippen LogP contribution in [0.3, 0.4) is 0 Å². The minimum Gasteiger partial charge on any atom is -0.381 e. The van der Waals surface area contributed by atoms with Gasteiger partial charge in [-0.3, -0.25) is 14.4 Å². The molecule has 0 bridgehead atoms. The average molecular weight is 424 g/mol. The first kappa shape index (κ1) is 21.3. The van der Waals surface area contributed by atoms with E-state index < -0.39 is 0 Å². The summed E-state index contributed by atoms with van der Waals surface area (Å²) >= 11 is 0. The predicted molar refractivity (Wildman–Crippen MR) is 117 cm³/mol. The zero-order chi connectivity index (χ0) is 21.8. The van der Waals surface area contributed by atoms with Crippen LogP contribution in [0.2, 0.25) is 0 Å². The van der Waals surface area contributed by atoms with Crippen molar-refractivity contribution in [2.45, 2.75) is 38.8 Å². The van der Waals surface area contributed by atoms with Crippen LogP contribution in [-0.4, -0.2) is 48.1 Å². The van der Waals surface area contributed by atoms with Gasteiger partial charge in [-0.15, -0.1) is 0 Å². The lowest BCUT2D eigenvalue weighted by Gasteiger charge is -2.34. The Morgan fingerprint density at radius 3 is 2.74 bits per heavy atom. The highest BCUT2D eigenvalue weighted by Gasteiger charge is 2.31. The van der Waals surface area contributed by atoms with E-state index in [1.165, 1.54) is 7.05 Å². The number of aromatic nitrogens is 1. The van der Waals surface area contributed by atoms with Gasteiger partial charge in [0.15, 0.2) is 0 Å². The summed E-state index contributed by atoms with van der Waals surface area (Å²) in [7, 11) is 1.54. The minimum absolute atomic E-state index is 0.0994. The molecule has 1 N–H and O–H groups in total. The van der Waals surface area contributed by atoms with Crippen LogP contribution in [0.25, 0.3) is 0 Å². The maximum atomic E-state index is 13.1. The van der Waals surface area contributed by atoms with Gasteiger partial charge in [0.05, 0.1) is 12.5 Å². The number of aryl methyl sites for hydroxylation is 2. The highest BCUT2D eigenvalue weighted by atomic mass is 16.5. The van der Waals surface area contributed by atoms with Crippen LogP contribution in [0, 0.1) is 5.92 Å². The lowest BCUT2D eigenvalue weighted by molar-refractivity contribution is -0.140. The molecule has 1 fully saturated rings. The molecule has 0 radical (unpaired) electrons. The number of nitrogens with one attached hydrogen (secondary N) is 1. The fourth-order valence-electron chi connectivity index (χ4n) is 4.51. The van der Waals surface area contributed by atoms with E-state index in [0.29, 0.717) is 39.1 Å². The lowest BCUT2D eigenvalue weighted by Crippen LogP contribution is -2.44. The number of pyridine rings is 1. The van der Waals surface area contributed by atoms with Crippen molar-refractivity contribution >= 4 is 11.8 Å². The molecule has 1 saturated heterocycles. The summed E-state index contributed by atoms with van der Waals surface area (Å²) in [6, 6.07) is 9.95. The van der Waals surface area contributed by atoms with E-state index in [1.54, 1.807) is 4.57 Å². The van der Waals surface area contributed by atoms with Gasteiger partial charge in [0.1, 0.15) is 5.56 Å². The topological polar surface area (TPSA) is 80.6 Å². The highest BCUT2D eigenvalue weighted by molar-refractivity contribution is 5.95. The average Bonchev–Trinajstić information content (AvgIpc) is 2.82. The van der Waals surface area contributed by atoms with Gasteiger partial charge >= 0.3 is 0 Å². The standard InChI is InChI=1S/C24H29N3O4/c1-25-22(28)21-20-10-12-26(23(29)18-8-5-13-31-16-18)14-19(20)15-27(24(21)30)11-9-17-6-3-2-4-7-17/h2-4,6-7,15,18H,5,8-14,16H2,1H3,(H,25,28).